The summed E-state index contributed by atoms with van der Waals surface area (Å²) >= 11 is 0. The van der Waals surface area contributed by atoms with Gasteiger partial charge in [0, 0.05) is 0 Å². The van der Waals surface area contributed by atoms with Gasteiger partial charge in [-0.1, -0.05) is 60.2 Å². The normalized spacial score (nSPS) is 13.1. The molecule has 0 bridgehead atoms. The Balaban J connectivity index is 2.04. The van der Waals surface area contributed by atoms with Gasteiger partial charge in [-0.2, -0.15) is 0 Å². The summed E-state index contributed by atoms with van der Waals surface area (Å²) in [5.41, 5.74) is 4.80. The number of hydrogen-bond acceptors (Lipinski definition) is 1. The molecule has 0 saturated carbocycles. The highest BCUT2D eigenvalue weighted by Crippen LogP contribution is 2.20. The van der Waals surface area contributed by atoms with Crippen LogP contribution in [-0.2, 0) is 4.74 Å². The summed E-state index contributed by atoms with van der Waals surface area (Å²) in [6.45, 7) is 6.23. The second kappa shape index (κ2) is 6.24. The van der Waals surface area contributed by atoms with Crippen molar-refractivity contribution in [3.63, 3.8) is 0 Å². The van der Waals surface area contributed by atoms with Crippen molar-refractivity contribution in [2.75, 3.05) is 0 Å². The van der Waals surface area contributed by atoms with Gasteiger partial charge >= 0.3 is 0 Å². The van der Waals surface area contributed by atoms with Gasteiger partial charge in [0.2, 0.25) is 0 Å². The maximum atomic E-state index is 5.81. The maximum absolute atomic E-state index is 5.81. The van der Waals surface area contributed by atoms with Crippen LogP contribution in [0.4, 0.5) is 0 Å². The zero-order valence-corrected chi connectivity index (χ0v) is 11.8. The topological polar surface area (TPSA) is 9.23 Å². The van der Waals surface area contributed by atoms with E-state index in [0.717, 1.165) is 5.57 Å². The molecule has 0 aliphatic rings. The monoisotopic (exact) mass is 252 g/mol. The molecule has 2 rings (SSSR count). The van der Waals surface area contributed by atoms with Crippen LogP contribution in [-0.4, -0.2) is 0 Å². The number of aryl methyl sites for hydroxylation is 1. The zero-order chi connectivity index (χ0) is 13.7. The summed E-state index contributed by atoms with van der Waals surface area (Å²) in [4.78, 5) is 0. The van der Waals surface area contributed by atoms with E-state index in [-0.39, 0.29) is 6.10 Å². The fourth-order valence-electron chi connectivity index (χ4n) is 1.89. The Morgan fingerprint density at radius 2 is 1.63 bits per heavy atom. The van der Waals surface area contributed by atoms with E-state index < -0.39 is 0 Å². The molecule has 2 aromatic rings. The predicted molar refractivity (Wildman–Crippen MR) is 80.8 cm³/mol. The van der Waals surface area contributed by atoms with Crippen LogP contribution in [0.2, 0.25) is 0 Å². The predicted octanol–water partition coefficient (Wildman–Crippen LogP) is 5.13. The van der Waals surface area contributed by atoms with Crippen LogP contribution in [0.25, 0.3) is 5.57 Å². The Kier molecular flexibility index (Phi) is 4.40. The molecule has 1 unspecified atom stereocenters. The van der Waals surface area contributed by atoms with E-state index in [4.69, 9.17) is 4.74 Å². The molecule has 0 aliphatic heterocycles. The van der Waals surface area contributed by atoms with E-state index in [9.17, 15) is 0 Å². The molecule has 0 spiro atoms. The number of hydrogen-bond donors (Lipinski definition) is 0. The minimum absolute atomic E-state index is 0.0709. The lowest BCUT2D eigenvalue weighted by Crippen LogP contribution is -1.95. The molecule has 19 heavy (non-hydrogen) atoms. The van der Waals surface area contributed by atoms with Crippen molar-refractivity contribution in [3.05, 3.63) is 77.5 Å². The molecule has 1 heteroatoms. The molecule has 1 atom stereocenters. The SMILES string of the molecule is CC(=COC(C)c1ccccc1)c1ccc(C)cc1. The minimum atomic E-state index is 0.0709. The van der Waals surface area contributed by atoms with E-state index in [1.54, 1.807) is 0 Å². The van der Waals surface area contributed by atoms with Gasteiger partial charge < -0.3 is 4.74 Å². The van der Waals surface area contributed by atoms with Gasteiger partial charge in [0.05, 0.1) is 6.26 Å². The van der Waals surface area contributed by atoms with Crippen molar-refractivity contribution in [2.45, 2.75) is 26.9 Å². The largest absolute Gasteiger partial charge is 0.493 e. The van der Waals surface area contributed by atoms with Crippen molar-refractivity contribution in [3.8, 4) is 0 Å². The molecule has 98 valence electrons. The van der Waals surface area contributed by atoms with Crippen LogP contribution in [0, 0.1) is 6.92 Å². The Hall–Kier alpha value is -2.02. The number of rotatable bonds is 4. The molecular formula is C18H20O. The van der Waals surface area contributed by atoms with E-state index in [2.05, 4.69) is 57.2 Å². The quantitative estimate of drug-likeness (QED) is 0.685. The highest BCUT2D eigenvalue weighted by Gasteiger charge is 2.03. The summed E-state index contributed by atoms with van der Waals surface area (Å²) in [5, 5.41) is 0. The Morgan fingerprint density at radius 3 is 2.26 bits per heavy atom. The fraction of sp³-hybridized carbons (Fsp3) is 0.222. The van der Waals surface area contributed by atoms with Crippen LogP contribution in [0.1, 0.15) is 36.6 Å². The Bertz CT molecular complexity index is 538. The van der Waals surface area contributed by atoms with Crippen molar-refractivity contribution >= 4 is 5.57 Å². The highest BCUT2D eigenvalue weighted by molar-refractivity contribution is 5.62. The van der Waals surface area contributed by atoms with Gasteiger partial charge in [0.25, 0.3) is 0 Å². The summed E-state index contributed by atoms with van der Waals surface area (Å²) in [6, 6.07) is 18.7. The molecule has 0 N–H and O–H groups in total. The molecule has 1 nitrogen and oxygen atoms in total. The van der Waals surface area contributed by atoms with Crippen LogP contribution in [0.5, 0.6) is 0 Å². The van der Waals surface area contributed by atoms with Crippen molar-refractivity contribution in [1.29, 1.82) is 0 Å². The molecule has 0 aliphatic carbocycles. The van der Waals surface area contributed by atoms with Crippen LogP contribution in [0.3, 0.4) is 0 Å². The highest BCUT2D eigenvalue weighted by atomic mass is 16.5. The van der Waals surface area contributed by atoms with E-state index in [1.807, 2.05) is 24.5 Å². The van der Waals surface area contributed by atoms with Gasteiger partial charge in [0.15, 0.2) is 0 Å². The first-order chi connectivity index (χ1) is 9.16. The van der Waals surface area contributed by atoms with E-state index in [0.29, 0.717) is 0 Å². The van der Waals surface area contributed by atoms with Crippen LogP contribution in [0.15, 0.2) is 60.9 Å². The third-order valence-electron chi connectivity index (χ3n) is 3.22. The second-order valence-electron chi connectivity index (χ2n) is 4.86. The third kappa shape index (κ3) is 3.72. The molecular weight excluding hydrogens is 232 g/mol. The summed E-state index contributed by atoms with van der Waals surface area (Å²) in [6.07, 6.45) is 1.92. The van der Waals surface area contributed by atoms with Gasteiger partial charge in [-0.3, -0.25) is 0 Å². The average molecular weight is 252 g/mol. The molecule has 0 heterocycles. The van der Waals surface area contributed by atoms with E-state index >= 15 is 0 Å². The molecule has 2 aromatic carbocycles. The van der Waals surface area contributed by atoms with Gasteiger partial charge in [-0.25, -0.2) is 0 Å². The summed E-state index contributed by atoms with van der Waals surface area (Å²) in [5.74, 6) is 0. The lowest BCUT2D eigenvalue weighted by molar-refractivity contribution is 0.165. The molecule has 0 fully saturated rings. The Morgan fingerprint density at radius 1 is 1.00 bits per heavy atom. The van der Waals surface area contributed by atoms with Crippen molar-refractivity contribution in [1.82, 2.24) is 0 Å². The molecule has 0 saturated heterocycles. The Labute approximate surface area is 115 Å². The first-order valence-corrected chi connectivity index (χ1v) is 6.61. The smallest absolute Gasteiger partial charge is 0.120 e. The van der Waals surface area contributed by atoms with Gasteiger partial charge in [-0.05, 0) is 37.5 Å². The van der Waals surface area contributed by atoms with Crippen LogP contribution >= 0.6 is 0 Å². The fourth-order valence-corrected chi connectivity index (χ4v) is 1.89. The first kappa shape index (κ1) is 13.4. The van der Waals surface area contributed by atoms with Gasteiger partial charge in [0.1, 0.15) is 6.10 Å². The zero-order valence-electron chi connectivity index (χ0n) is 11.8. The number of benzene rings is 2. The first-order valence-electron chi connectivity index (χ1n) is 6.61. The maximum Gasteiger partial charge on any atom is 0.120 e. The number of ether oxygens (including phenoxy) is 1. The lowest BCUT2D eigenvalue weighted by Gasteiger charge is -2.12. The minimum Gasteiger partial charge on any atom is -0.493 e. The molecule has 0 amide bonds. The van der Waals surface area contributed by atoms with Crippen molar-refractivity contribution in [2.24, 2.45) is 0 Å². The van der Waals surface area contributed by atoms with E-state index in [1.165, 1.54) is 16.7 Å². The summed E-state index contributed by atoms with van der Waals surface area (Å²) in [7, 11) is 0. The summed E-state index contributed by atoms with van der Waals surface area (Å²) < 4.78 is 5.81. The molecule has 0 aromatic heterocycles. The lowest BCUT2D eigenvalue weighted by atomic mass is 10.1. The van der Waals surface area contributed by atoms with Gasteiger partial charge in [-0.15, -0.1) is 0 Å². The molecule has 0 radical (unpaired) electrons. The number of allylic oxidation sites excluding steroid dienone is 1. The van der Waals surface area contributed by atoms with Crippen molar-refractivity contribution < 1.29 is 4.74 Å². The average Bonchev–Trinajstić information content (AvgIpc) is 2.46. The van der Waals surface area contributed by atoms with Crippen LogP contribution < -0.4 is 0 Å². The standard InChI is InChI=1S/C18H20O/c1-14-9-11-17(12-10-14)15(2)13-19-16(3)18-7-5-4-6-8-18/h4-13,16H,1-3H3. The third-order valence-corrected chi connectivity index (χ3v) is 3.22. The second-order valence-corrected chi connectivity index (χ2v) is 4.86.